The van der Waals surface area contributed by atoms with Gasteiger partial charge in [-0.15, -0.1) is 0 Å². The van der Waals surface area contributed by atoms with Gasteiger partial charge < -0.3 is 24.1 Å². The molecule has 1 unspecified atom stereocenters. The number of rotatable bonds is 13. The van der Waals surface area contributed by atoms with Crippen LogP contribution in [0.15, 0.2) is 72.8 Å². The van der Waals surface area contributed by atoms with Gasteiger partial charge in [-0.2, -0.15) is 0 Å². The molecule has 2 aromatic rings. The van der Waals surface area contributed by atoms with Crippen molar-refractivity contribution in [2.24, 2.45) is 0 Å². The fraction of sp³-hybridized carbons (Fsp3) is 0.318. The van der Waals surface area contributed by atoms with Crippen molar-refractivity contribution in [2.75, 3.05) is 33.0 Å². The molecule has 0 saturated carbocycles. The predicted molar refractivity (Wildman–Crippen MR) is 105 cm³/mol. The minimum absolute atomic E-state index is 0.0360. The van der Waals surface area contributed by atoms with Crippen molar-refractivity contribution < 1.29 is 28.8 Å². The van der Waals surface area contributed by atoms with Crippen molar-refractivity contribution in [3.8, 4) is 11.5 Å². The molecule has 0 aliphatic carbocycles. The van der Waals surface area contributed by atoms with E-state index in [0.717, 1.165) is 5.75 Å². The molecule has 0 amide bonds. The summed E-state index contributed by atoms with van der Waals surface area (Å²) in [4.78, 5) is 11.9. The van der Waals surface area contributed by atoms with E-state index in [1.54, 1.807) is 12.1 Å². The Labute approximate surface area is 165 Å². The Morgan fingerprint density at radius 3 is 2.11 bits per heavy atom. The highest BCUT2D eigenvalue weighted by molar-refractivity contribution is 5.87. The Morgan fingerprint density at radius 2 is 1.46 bits per heavy atom. The molecule has 6 heteroatoms. The monoisotopic (exact) mass is 386 g/mol. The average Bonchev–Trinajstić information content (AvgIpc) is 2.74. The predicted octanol–water partition coefficient (Wildman–Crippen LogP) is 3.01. The molecule has 0 saturated heterocycles. The summed E-state index contributed by atoms with van der Waals surface area (Å²) in [5.41, 5.74) is 0.292. The molecule has 0 bridgehead atoms. The zero-order valence-corrected chi connectivity index (χ0v) is 15.8. The first-order valence-corrected chi connectivity index (χ1v) is 9.11. The van der Waals surface area contributed by atoms with Crippen LogP contribution in [0.4, 0.5) is 0 Å². The lowest BCUT2D eigenvalue weighted by Gasteiger charge is -2.13. The molecule has 0 heterocycles. The maximum Gasteiger partial charge on any atom is 0.333 e. The number of aliphatic hydroxyl groups excluding tert-OH is 1. The molecule has 1 N–H and O–H groups in total. The minimum Gasteiger partial charge on any atom is -0.491 e. The third-order valence-electron chi connectivity index (χ3n) is 3.67. The summed E-state index contributed by atoms with van der Waals surface area (Å²) in [7, 11) is 0. The summed E-state index contributed by atoms with van der Waals surface area (Å²) in [6, 6.07) is 18.6. The summed E-state index contributed by atoms with van der Waals surface area (Å²) >= 11 is 0. The number of aliphatic hydroxyl groups is 1. The van der Waals surface area contributed by atoms with Crippen LogP contribution in [0.5, 0.6) is 11.5 Å². The topological polar surface area (TPSA) is 74.2 Å². The number of esters is 1. The van der Waals surface area contributed by atoms with Gasteiger partial charge in [0.05, 0.1) is 13.2 Å². The van der Waals surface area contributed by atoms with E-state index in [1.165, 1.54) is 0 Å². The highest BCUT2D eigenvalue weighted by Crippen LogP contribution is 2.09. The van der Waals surface area contributed by atoms with Crippen LogP contribution in [-0.4, -0.2) is 50.2 Å². The Bertz CT molecular complexity index is 701. The molecule has 0 fully saturated rings. The number of ether oxygens (including phenoxy) is 4. The molecule has 6 nitrogen and oxygen atoms in total. The fourth-order valence-corrected chi connectivity index (χ4v) is 2.17. The molecule has 28 heavy (non-hydrogen) atoms. The molecule has 0 aromatic heterocycles. The van der Waals surface area contributed by atoms with Gasteiger partial charge >= 0.3 is 5.97 Å². The molecule has 0 radical (unpaired) electrons. The van der Waals surface area contributed by atoms with Gasteiger partial charge in [0.25, 0.3) is 0 Å². The van der Waals surface area contributed by atoms with Crippen LogP contribution in [0.3, 0.4) is 0 Å². The molecular formula is C22H26O6. The van der Waals surface area contributed by atoms with Gasteiger partial charge in [-0.1, -0.05) is 43.0 Å². The van der Waals surface area contributed by atoms with Gasteiger partial charge in [-0.3, -0.25) is 0 Å². The van der Waals surface area contributed by atoms with Crippen LogP contribution in [0.1, 0.15) is 6.42 Å². The van der Waals surface area contributed by atoms with Crippen LogP contribution in [0.25, 0.3) is 0 Å². The largest absolute Gasteiger partial charge is 0.491 e. The second kappa shape index (κ2) is 12.5. The van der Waals surface area contributed by atoms with E-state index in [9.17, 15) is 9.90 Å². The lowest BCUT2D eigenvalue weighted by atomic mass is 10.2. The van der Waals surface area contributed by atoms with Gasteiger partial charge in [0.2, 0.25) is 0 Å². The summed E-state index contributed by atoms with van der Waals surface area (Å²) in [6.45, 7) is 4.75. The molecule has 150 valence electrons. The minimum atomic E-state index is -0.914. The summed E-state index contributed by atoms with van der Waals surface area (Å²) in [5.74, 6) is 0.877. The average molecular weight is 386 g/mol. The Hall–Kier alpha value is -2.83. The maximum atomic E-state index is 11.9. The summed E-state index contributed by atoms with van der Waals surface area (Å²) in [5, 5.41) is 9.84. The fourth-order valence-electron chi connectivity index (χ4n) is 2.17. The quantitative estimate of drug-likeness (QED) is 0.324. The normalized spacial score (nSPS) is 11.5. The maximum absolute atomic E-state index is 11.9. The van der Waals surface area contributed by atoms with Crippen molar-refractivity contribution in [3.63, 3.8) is 0 Å². The molecule has 2 aromatic carbocycles. The van der Waals surface area contributed by atoms with Gasteiger partial charge in [-0.25, -0.2) is 4.79 Å². The van der Waals surface area contributed by atoms with Gasteiger partial charge in [0.15, 0.2) is 0 Å². The number of carbonyl (C=O) groups excluding carboxylic acids is 1. The van der Waals surface area contributed by atoms with E-state index in [4.69, 9.17) is 18.9 Å². The third kappa shape index (κ3) is 8.70. The number of para-hydroxylation sites is 2. The molecule has 2 rings (SSSR count). The van der Waals surface area contributed by atoms with E-state index >= 15 is 0 Å². The van der Waals surface area contributed by atoms with E-state index in [1.807, 2.05) is 48.5 Å². The second-order valence-electron chi connectivity index (χ2n) is 6.00. The molecule has 0 spiro atoms. The third-order valence-corrected chi connectivity index (χ3v) is 3.67. The molecule has 0 aliphatic heterocycles. The Balaban J connectivity index is 1.50. The first-order valence-electron chi connectivity index (χ1n) is 9.11. The van der Waals surface area contributed by atoms with Crippen molar-refractivity contribution in [2.45, 2.75) is 12.5 Å². The van der Waals surface area contributed by atoms with Crippen molar-refractivity contribution in [1.82, 2.24) is 0 Å². The first-order chi connectivity index (χ1) is 13.6. The van der Waals surface area contributed by atoms with Gasteiger partial charge in [0.1, 0.15) is 37.4 Å². The Kier molecular flexibility index (Phi) is 9.61. The van der Waals surface area contributed by atoms with Crippen molar-refractivity contribution in [3.05, 3.63) is 72.8 Å². The van der Waals surface area contributed by atoms with Crippen LogP contribution in [0.2, 0.25) is 0 Å². The highest BCUT2D eigenvalue weighted by Gasteiger charge is 2.12. The zero-order valence-electron chi connectivity index (χ0n) is 15.8. The molecule has 0 aliphatic rings. The standard InChI is InChI=1S/C22H26O6/c1-18(12-13-25-14-15-26-20-8-4-2-5-9-20)22(24)28-17-19(23)16-27-21-10-6-3-7-11-21/h2-11,19,23H,1,12-17H2. The molecular weight excluding hydrogens is 360 g/mol. The van der Waals surface area contributed by atoms with E-state index < -0.39 is 12.1 Å². The van der Waals surface area contributed by atoms with Gasteiger partial charge in [0, 0.05) is 12.0 Å². The number of hydrogen-bond acceptors (Lipinski definition) is 6. The Morgan fingerprint density at radius 1 is 0.857 bits per heavy atom. The smallest absolute Gasteiger partial charge is 0.333 e. The lowest BCUT2D eigenvalue weighted by Crippen LogP contribution is -2.25. The van der Waals surface area contributed by atoms with Crippen LogP contribution in [-0.2, 0) is 14.3 Å². The van der Waals surface area contributed by atoms with Gasteiger partial charge in [-0.05, 0) is 24.3 Å². The van der Waals surface area contributed by atoms with Crippen molar-refractivity contribution >= 4 is 5.97 Å². The van der Waals surface area contributed by atoms with E-state index in [0.29, 0.717) is 37.6 Å². The number of benzene rings is 2. The zero-order chi connectivity index (χ0) is 20.0. The second-order valence-corrected chi connectivity index (χ2v) is 6.00. The van der Waals surface area contributed by atoms with Crippen LogP contribution >= 0.6 is 0 Å². The van der Waals surface area contributed by atoms with Crippen LogP contribution in [0, 0.1) is 0 Å². The number of carbonyl (C=O) groups is 1. The lowest BCUT2D eigenvalue weighted by molar-refractivity contribution is -0.142. The SMILES string of the molecule is C=C(CCOCCOc1ccccc1)C(=O)OCC(O)COc1ccccc1. The van der Waals surface area contributed by atoms with E-state index in [2.05, 4.69) is 6.58 Å². The van der Waals surface area contributed by atoms with Crippen molar-refractivity contribution in [1.29, 1.82) is 0 Å². The molecule has 1 atom stereocenters. The summed E-state index contributed by atoms with van der Waals surface area (Å²) in [6.07, 6.45) is -0.566. The summed E-state index contributed by atoms with van der Waals surface area (Å²) < 4.78 is 21.4. The number of hydrogen-bond donors (Lipinski definition) is 1. The van der Waals surface area contributed by atoms with E-state index in [-0.39, 0.29) is 13.2 Å². The van der Waals surface area contributed by atoms with Crippen LogP contribution < -0.4 is 9.47 Å². The highest BCUT2D eigenvalue weighted by atomic mass is 16.5. The first kappa shape index (κ1) is 21.5.